The number of halogens is 5. The number of carbonyl (C=O) groups is 1. The predicted octanol–water partition coefficient (Wildman–Crippen LogP) is 4.73. The molecule has 1 aromatic heterocycles. The molecule has 2 atom stereocenters. The van der Waals surface area contributed by atoms with Crippen LogP contribution in [0.3, 0.4) is 0 Å². The largest absolute Gasteiger partial charge is 0.413 e. The normalized spacial score (nSPS) is 22.3. The summed E-state index contributed by atoms with van der Waals surface area (Å²) in [5.41, 5.74) is -1.38. The van der Waals surface area contributed by atoms with Crippen molar-refractivity contribution in [3.63, 3.8) is 0 Å². The lowest BCUT2D eigenvalue weighted by molar-refractivity contribution is -0.0943. The van der Waals surface area contributed by atoms with Crippen LogP contribution in [0.5, 0.6) is 0 Å². The summed E-state index contributed by atoms with van der Waals surface area (Å²) in [5.74, 6) is -3.81. The molecular weight excluding hydrogens is 407 g/mol. The molecule has 0 aliphatic heterocycles. The Balaban J connectivity index is 1.87. The summed E-state index contributed by atoms with van der Waals surface area (Å²) in [6, 6.07) is 0. The molecule has 5 nitrogen and oxygen atoms in total. The molecule has 0 saturated heterocycles. The van der Waals surface area contributed by atoms with Crippen molar-refractivity contribution in [3.05, 3.63) is 52.6 Å². The molecule has 10 heteroatoms. The van der Waals surface area contributed by atoms with Crippen LogP contribution in [0, 0.1) is 23.5 Å². The topological polar surface area (TPSA) is 66.7 Å². The Morgan fingerprint density at radius 2 is 1.93 bits per heavy atom. The van der Waals surface area contributed by atoms with E-state index in [9.17, 15) is 26.7 Å². The van der Waals surface area contributed by atoms with Gasteiger partial charge in [-0.1, -0.05) is 6.42 Å². The SMILES string of the molecule is C=N/C(=C\N=C(C)NC(=O)c1c(F)cncc1F)C1=C(C(F)(F)F)CC2CCCC12. The van der Waals surface area contributed by atoms with Gasteiger partial charge in [-0.25, -0.2) is 13.8 Å². The molecule has 1 heterocycles. The monoisotopic (exact) mass is 426 g/mol. The molecule has 0 spiro atoms. The fourth-order valence-electron chi connectivity index (χ4n) is 4.11. The van der Waals surface area contributed by atoms with Gasteiger partial charge >= 0.3 is 6.18 Å². The van der Waals surface area contributed by atoms with E-state index < -0.39 is 34.9 Å². The molecule has 1 fully saturated rings. The zero-order chi connectivity index (χ0) is 22.1. The molecular formula is C20H19F5N4O. The van der Waals surface area contributed by atoms with Gasteiger partial charge in [-0.2, -0.15) is 13.2 Å². The lowest BCUT2D eigenvalue weighted by Crippen LogP contribution is -2.30. The van der Waals surface area contributed by atoms with E-state index in [4.69, 9.17) is 0 Å². The molecule has 1 N–H and O–H groups in total. The first kappa shape index (κ1) is 21.8. The minimum Gasteiger partial charge on any atom is -0.310 e. The van der Waals surface area contributed by atoms with Gasteiger partial charge in [-0.15, -0.1) is 0 Å². The number of nitrogens with one attached hydrogen (secondary N) is 1. The first-order chi connectivity index (χ1) is 14.1. The summed E-state index contributed by atoms with van der Waals surface area (Å²) < 4.78 is 67.9. The number of aromatic nitrogens is 1. The Hall–Kier alpha value is -2.91. The highest BCUT2D eigenvalue weighted by molar-refractivity contribution is 6.06. The van der Waals surface area contributed by atoms with Crippen LogP contribution in [0.2, 0.25) is 0 Å². The molecule has 1 amide bonds. The molecule has 2 unspecified atom stereocenters. The van der Waals surface area contributed by atoms with Gasteiger partial charge in [-0.05, 0) is 50.3 Å². The minimum absolute atomic E-state index is 0.0217. The van der Waals surface area contributed by atoms with Gasteiger partial charge in [-0.3, -0.25) is 14.8 Å². The van der Waals surface area contributed by atoms with Gasteiger partial charge in [0, 0.05) is 5.57 Å². The molecule has 1 aromatic rings. The van der Waals surface area contributed by atoms with Crippen molar-refractivity contribution in [2.24, 2.45) is 21.8 Å². The second-order valence-electron chi connectivity index (χ2n) is 7.21. The number of amidine groups is 1. The van der Waals surface area contributed by atoms with Gasteiger partial charge in [0.05, 0.1) is 24.3 Å². The Morgan fingerprint density at radius 1 is 1.27 bits per heavy atom. The third-order valence-corrected chi connectivity index (χ3v) is 5.37. The van der Waals surface area contributed by atoms with Crippen LogP contribution in [0.4, 0.5) is 22.0 Å². The third kappa shape index (κ3) is 4.31. The molecule has 0 bridgehead atoms. The molecule has 30 heavy (non-hydrogen) atoms. The summed E-state index contributed by atoms with van der Waals surface area (Å²) in [7, 11) is 0. The quantitative estimate of drug-likeness (QED) is 0.430. The number of pyridine rings is 1. The number of hydrogen-bond donors (Lipinski definition) is 1. The van der Waals surface area contributed by atoms with Gasteiger partial charge < -0.3 is 5.32 Å². The summed E-state index contributed by atoms with van der Waals surface area (Å²) in [5, 5.41) is 2.19. The van der Waals surface area contributed by atoms with Gasteiger partial charge in [0.25, 0.3) is 5.91 Å². The van der Waals surface area contributed by atoms with Crippen molar-refractivity contribution in [3.8, 4) is 0 Å². The van der Waals surface area contributed by atoms with Crippen LogP contribution in [0.25, 0.3) is 0 Å². The van der Waals surface area contributed by atoms with Crippen molar-refractivity contribution in [2.45, 2.75) is 38.8 Å². The summed E-state index contributed by atoms with van der Waals surface area (Å²) in [4.78, 5) is 23.0. The highest BCUT2D eigenvalue weighted by Gasteiger charge is 2.48. The van der Waals surface area contributed by atoms with E-state index in [0.29, 0.717) is 18.8 Å². The van der Waals surface area contributed by atoms with Crippen LogP contribution in [0.15, 0.2) is 45.4 Å². The molecule has 0 aromatic carbocycles. The first-order valence-corrected chi connectivity index (χ1v) is 9.25. The van der Waals surface area contributed by atoms with Crippen molar-refractivity contribution in [1.82, 2.24) is 10.3 Å². The number of amides is 1. The predicted molar refractivity (Wildman–Crippen MR) is 101 cm³/mol. The van der Waals surface area contributed by atoms with Gasteiger partial charge in [0.2, 0.25) is 0 Å². The van der Waals surface area contributed by atoms with E-state index in [1.165, 1.54) is 6.92 Å². The van der Waals surface area contributed by atoms with Crippen LogP contribution >= 0.6 is 0 Å². The first-order valence-electron chi connectivity index (χ1n) is 9.25. The summed E-state index contributed by atoms with van der Waals surface area (Å²) in [6.07, 6.45) is 0.120. The fraction of sp³-hybridized carbons (Fsp3) is 0.400. The van der Waals surface area contributed by atoms with E-state index in [1.807, 2.05) is 0 Å². The maximum atomic E-state index is 13.7. The molecule has 160 valence electrons. The van der Waals surface area contributed by atoms with Crippen molar-refractivity contribution in [2.75, 3.05) is 0 Å². The number of rotatable bonds is 4. The second-order valence-corrected chi connectivity index (χ2v) is 7.21. The zero-order valence-corrected chi connectivity index (χ0v) is 16.1. The average Bonchev–Trinajstić information content (AvgIpc) is 3.24. The lowest BCUT2D eigenvalue weighted by Gasteiger charge is -2.15. The van der Waals surface area contributed by atoms with Crippen LogP contribution in [-0.4, -0.2) is 29.6 Å². The van der Waals surface area contributed by atoms with Crippen molar-refractivity contribution < 1.29 is 26.7 Å². The van der Waals surface area contributed by atoms with Crippen LogP contribution < -0.4 is 5.32 Å². The number of fused-ring (bicyclic) bond motifs is 1. The smallest absolute Gasteiger partial charge is 0.310 e. The molecule has 1 saturated carbocycles. The lowest BCUT2D eigenvalue weighted by atomic mass is 9.93. The maximum Gasteiger partial charge on any atom is 0.413 e. The number of carbonyl (C=O) groups excluding carboxylic acids is 1. The van der Waals surface area contributed by atoms with Gasteiger partial charge in [0.15, 0.2) is 11.6 Å². The van der Waals surface area contributed by atoms with E-state index >= 15 is 0 Å². The highest BCUT2D eigenvalue weighted by Crippen LogP contribution is 2.53. The van der Waals surface area contributed by atoms with Crippen molar-refractivity contribution >= 4 is 18.5 Å². The minimum atomic E-state index is -4.48. The highest BCUT2D eigenvalue weighted by atomic mass is 19.4. The zero-order valence-electron chi connectivity index (χ0n) is 16.1. The number of aliphatic imine (C=N–C) groups is 2. The van der Waals surface area contributed by atoms with E-state index in [0.717, 1.165) is 19.0 Å². The number of nitrogens with zero attached hydrogens (tertiary/aromatic N) is 3. The Morgan fingerprint density at radius 3 is 2.53 bits per heavy atom. The molecule has 2 aliphatic carbocycles. The maximum absolute atomic E-state index is 13.7. The average molecular weight is 426 g/mol. The van der Waals surface area contributed by atoms with E-state index in [-0.39, 0.29) is 35.4 Å². The Kier molecular flexibility index (Phi) is 6.14. The molecule has 3 rings (SSSR count). The van der Waals surface area contributed by atoms with Crippen molar-refractivity contribution in [1.29, 1.82) is 0 Å². The molecule has 0 radical (unpaired) electrons. The summed E-state index contributed by atoms with van der Waals surface area (Å²) in [6.45, 7) is 4.69. The standard InChI is InChI=1S/C20H19F5N4O/c1-10(29-19(30)18-14(21)7-27-8-15(18)22)28-9-16(26-2)17-12-5-3-4-11(12)6-13(17)20(23,24)25/h7-9,11-12H,2-6H2,1H3,(H,28,29,30)/b16-9-. The Bertz CT molecular complexity index is 944. The third-order valence-electron chi connectivity index (χ3n) is 5.37. The van der Waals surface area contributed by atoms with E-state index in [2.05, 4.69) is 27.0 Å². The fourth-order valence-corrected chi connectivity index (χ4v) is 4.11. The second kappa shape index (κ2) is 8.45. The number of alkyl halides is 3. The Labute approximate surface area is 169 Å². The number of hydrogen-bond acceptors (Lipinski definition) is 4. The van der Waals surface area contributed by atoms with Gasteiger partial charge in [0.1, 0.15) is 11.4 Å². The summed E-state index contributed by atoms with van der Waals surface area (Å²) >= 11 is 0. The molecule has 2 aliphatic rings. The van der Waals surface area contributed by atoms with Crippen LogP contribution in [-0.2, 0) is 0 Å². The van der Waals surface area contributed by atoms with Crippen LogP contribution in [0.1, 0.15) is 43.0 Å². The van der Waals surface area contributed by atoms with E-state index in [1.54, 1.807) is 0 Å². The number of allylic oxidation sites excluding steroid dienone is 2.